The van der Waals surface area contributed by atoms with Gasteiger partial charge in [0.15, 0.2) is 12.6 Å². The number of hydrogen-bond acceptors (Lipinski definition) is 13. The normalized spacial score (nSPS) is 21.6. The molecule has 0 radical (unpaired) electrons. The molecule has 0 spiro atoms. The minimum absolute atomic E-state index is 0.227. The van der Waals surface area contributed by atoms with Gasteiger partial charge < -0.3 is 65.1 Å². The van der Waals surface area contributed by atoms with Gasteiger partial charge in [0, 0.05) is 6.42 Å². The first kappa shape index (κ1) is 96.8. The minimum atomic E-state index is -1.79. The van der Waals surface area contributed by atoms with Crippen molar-refractivity contribution in [2.24, 2.45) is 0 Å². The fourth-order valence-electron chi connectivity index (χ4n) is 15.4. The maximum absolute atomic E-state index is 13.4. The number of aliphatic hydroxyl groups is 8. The number of aliphatic hydroxyl groups excluding tert-OH is 8. The molecule has 2 aliphatic rings. The molecule has 102 heavy (non-hydrogen) atoms. The van der Waals surface area contributed by atoms with Crippen LogP contribution >= 0.6 is 0 Å². The Balaban J connectivity index is 1.54. The van der Waals surface area contributed by atoms with E-state index in [0.29, 0.717) is 0 Å². The zero-order valence-corrected chi connectivity index (χ0v) is 66.9. The SMILES string of the molecule is CCCCCCCCCCCCCCCCCCCCCCCCCCC/C=C/C(O)C(COC1OC(CO)C(OC2OC(CO)C(O)C(O)C2O)C(O)C1O)NC(=O)CCCCCCCCCCCCCCCCCCCCCCCCCCCCCCCCCCCCCCCCCCC. The van der Waals surface area contributed by atoms with Crippen LogP contribution in [0.2, 0.25) is 0 Å². The molecule has 2 saturated heterocycles. The summed E-state index contributed by atoms with van der Waals surface area (Å²) in [6, 6.07) is -0.913. The van der Waals surface area contributed by atoms with Crippen LogP contribution in [0.15, 0.2) is 12.2 Å². The van der Waals surface area contributed by atoms with E-state index in [1.807, 2.05) is 6.08 Å². The first-order valence-corrected chi connectivity index (χ1v) is 44.9. The molecule has 0 aromatic carbocycles. The Kier molecular flexibility index (Phi) is 68.9. The van der Waals surface area contributed by atoms with Gasteiger partial charge in [-0.2, -0.15) is 0 Å². The average molecular weight is 1450 g/mol. The lowest BCUT2D eigenvalue weighted by atomic mass is 9.97. The molecule has 2 fully saturated rings. The lowest BCUT2D eigenvalue weighted by Crippen LogP contribution is -2.65. The molecule has 14 nitrogen and oxygen atoms in total. The minimum Gasteiger partial charge on any atom is -0.394 e. The van der Waals surface area contributed by atoms with Gasteiger partial charge in [0.25, 0.3) is 0 Å². The van der Waals surface area contributed by atoms with Crippen molar-refractivity contribution in [3.05, 3.63) is 12.2 Å². The van der Waals surface area contributed by atoms with E-state index in [2.05, 4.69) is 19.2 Å². The summed E-state index contributed by atoms with van der Waals surface area (Å²) >= 11 is 0. The highest BCUT2D eigenvalue weighted by Crippen LogP contribution is 2.31. The molecule has 0 saturated carbocycles. The zero-order chi connectivity index (χ0) is 73.7. The molecule has 0 aromatic rings. The number of carbonyl (C=O) groups excluding carboxylic acids is 1. The van der Waals surface area contributed by atoms with Crippen molar-refractivity contribution >= 4 is 5.91 Å². The van der Waals surface area contributed by atoms with E-state index in [0.717, 1.165) is 44.9 Å². The van der Waals surface area contributed by atoms with E-state index < -0.39 is 86.8 Å². The molecule has 0 bridgehead atoms. The number of hydrogen-bond donors (Lipinski definition) is 9. The van der Waals surface area contributed by atoms with Gasteiger partial charge in [-0.05, 0) is 19.3 Å². The van der Waals surface area contributed by atoms with Gasteiger partial charge in [0.2, 0.25) is 5.91 Å². The summed E-state index contributed by atoms with van der Waals surface area (Å²) in [5.74, 6) is -0.227. The number of amides is 1. The van der Waals surface area contributed by atoms with Crippen LogP contribution in [-0.4, -0.2) is 140 Å². The third kappa shape index (κ3) is 54.3. The first-order chi connectivity index (χ1) is 50.1. The third-order valence-corrected chi connectivity index (χ3v) is 22.5. The second-order valence-corrected chi connectivity index (χ2v) is 32.1. The molecule has 0 aliphatic carbocycles. The lowest BCUT2D eigenvalue weighted by molar-refractivity contribution is -0.359. The fraction of sp³-hybridized carbons (Fsp3) is 0.966. The lowest BCUT2D eigenvalue weighted by Gasteiger charge is -2.46. The van der Waals surface area contributed by atoms with Crippen LogP contribution in [0, 0.1) is 0 Å². The Morgan fingerprint density at radius 2 is 0.608 bits per heavy atom. The molecular weight excluding hydrogens is 1280 g/mol. The van der Waals surface area contributed by atoms with Gasteiger partial charge in [-0.3, -0.25) is 4.79 Å². The Bertz CT molecular complexity index is 1760. The van der Waals surface area contributed by atoms with Crippen LogP contribution in [0.4, 0.5) is 0 Å². The van der Waals surface area contributed by atoms with Crippen molar-refractivity contribution < 1.29 is 64.6 Å². The number of nitrogens with one attached hydrogen (secondary N) is 1. The second-order valence-electron chi connectivity index (χ2n) is 32.1. The number of ether oxygens (including phenoxy) is 4. The molecule has 14 heteroatoms. The highest BCUT2D eigenvalue weighted by Gasteiger charge is 2.51. The van der Waals surface area contributed by atoms with Crippen molar-refractivity contribution in [3.8, 4) is 0 Å². The van der Waals surface area contributed by atoms with Crippen LogP contribution in [0.3, 0.4) is 0 Å². The van der Waals surface area contributed by atoms with Crippen LogP contribution < -0.4 is 5.32 Å². The Labute approximate surface area is 628 Å². The summed E-state index contributed by atoms with van der Waals surface area (Å²) in [6.07, 6.45) is 77.7. The maximum Gasteiger partial charge on any atom is 0.220 e. The molecule has 606 valence electrons. The van der Waals surface area contributed by atoms with Gasteiger partial charge in [0.1, 0.15) is 48.8 Å². The number of allylic oxidation sites excluding steroid dienone is 1. The van der Waals surface area contributed by atoms with E-state index in [9.17, 15) is 45.6 Å². The maximum atomic E-state index is 13.4. The fourth-order valence-corrected chi connectivity index (χ4v) is 15.4. The summed E-state index contributed by atoms with van der Waals surface area (Å²) in [4.78, 5) is 13.4. The van der Waals surface area contributed by atoms with E-state index in [4.69, 9.17) is 18.9 Å². The highest BCUT2D eigenvalue weighted by atomic mass is 16.7. The quantitative estimate of drug-likeness (QED) is 0.0204. The first-order valence-electron chi connectivity index (χ1n) is 44.9. The van der Waals surface area contributed by atoms with Crippen molar-refractivity contribution in [2.45, 2.75) is 524 Å². The van der Waals surface area contributed by atoms with Gasteiger partial charge in [-0.25, -0.2) is 0 Å². The van der Waals surface area contributed by atoms with E-state index >= 15 is 0 Å². The molecule has 0 aromatic heterocycles. The standard InChI is InChI=1S/C88H171NO13/c1-3-5-7-9-11-13-15-17-19-21-23-25-27-29-31-32-33-34-35-36-37-38-39-40-41-42-43-44-46-48-50-52-54-56-58-60-62-64-66-68-70-72-80(93)89-76(75-99-87-85(98)83(96)86(79(74-91)101-87)102-88-84(97)82(95)81(94)78(73-90)100-88)77(92)71-69-67-65-63-61-59-57-55-53-51-49-47-45-30-28-26-24-22-20-18-16-14-12-10-8-6-4-2/h69,71,76-79,81-88,90-92,94-98H,3-68,70,72-75H2,1-2H3,(H,89,93)/b71-69+. The molecule has 2 aliphatic heterocycles. The monoisotopic (exact) mass is 1450 g/mol. The van der Waals surface area contributed by atoms with Crippen molar-refractivity contribution in [3.63, 3.8) is 0 Å². The van der Waals surface area contributed by atoms with E-state index in [-0.39, 0.29) is 18.9 Å². The van der Waals surface area contributed by atoms with Crippen molar-refractivity contribution in [1.82, 2.24) is 5.32 Å². The smallest absolute Gasteiger partial charge is 0.220 e. The molecule has 2 heterocycles. The van der Waals surface area contributed by atoms with Gasteiger partial charge in [0.05, 0.1) is 32.0 Å². The summed E-state index contributed by atoms with van der Waals surface area (Å²) in [5, 5.41) is 87.8. The topological polar surface area (TPSA) is 228 Å². The molecule has 9 N–H and O–H groups in total. The molecule has 1 amide bonds. The Hall–Kier alpha value is -1.27. The predicted molar refractivity (Wildman–Crippen MR) is 425 cm³/mol. The van der Waals surface area contributed by atoms with E-state index in [1.54, 1.807) is 6.08 Å². The van der Waals surface area contributed by atoms with Gasteiger partial charge in [-0.1, -0.05) is 437 Å². The average Bonchev–Trinajstić information content (AvgIpc) is 0.790. The zero-order valence-electron chi connectivity index (χ0n) is 66.9. The second kappa shape index (κ2) is 72.6. The van der Waals surface area contributed by atoms with Crippen molar-refractivity contribution in [1.29, 1.82) is 0 Å². The predicted octanol–water partition coefficient (Wildman–Crippen LogP) is 21.6. The summed E-state index contributed by atoms with van der Waals surface area (Å²) < 4.78 is 23.0. The number of unbranched alkanes of at least 4 members (excludes halogenated alkanes) is 65. The summed E-state index contributed by atoms with van der Waals surface area (Å²) in [5.41, 5.74) is 0. The molecule has 2 rings (SSSR count). The van der Waals surface area contributed by atoms with Crippen molar-refractivity contribution in [2.75, 3.05) is 19.8 Å². The van der Waals surface area contributed by atoms with Crippen LogP contribution in [0.25, 0.3) is 0 Å². The van der Waals surface area contributed by atoms with Crippen LogP contribution in [0.5, 0.6) is 0 Å². The van der Waals surface area contributed by atoms with Crippen LogP contribution in [0.1, 0.15) is 450 Å². The summed E-state index contributed by atoms with van der Waals surface area (Å²) in [6.45, 7) is 2.89. The third-order valence-electron chi connectivity index (χ3n) is 22.5. The largest absolute Gasteiger partial charge is 0.394 e. The van der Waals surface area contributed by atoms with E-state index in [1.165, 1.54) is 385 Å². The molecular formula is C88H171NO13. The molecule has 12 unspecified atom stereocenters. The summed E-state index contributed by atoms with van der Waals surface area (Å²) in [7, 11) is 0. The number of carbonyl (C=O) groups is 1. The van der Waals surface area contributed by atoms with Crippen LogP contribution in [-0.2, 0) is 23.7 Å². The molecule has 12 atom stereocenters. The Morgan fingerprint density at radius 1 is 0.343 bits per heavy atom. The Morgan fingerprint density at radius 3 is 0.902 bits per heavy atom. The van der Waals surface area contributed by atoms with Gasteiger partial charge in [-0.15, -0.1) is 0 Å². The highest BCUT2D eigenvalue weighted by molar-refractivity contribution is 5.76. The van der Waals surface area contributed by atoms with Gasteiger partial charge >= 0.3 is 0 Å². The number of rotatable bonds is 78.